The minimum absolute atomic E-state index is 0.107. The van der Waals surface area contributed by atoms with Crippen molar-refractivity contribution in [1.82, 2.24) is 14.9 Å². The molecule has 1 aromatic heterocycles. The lowest BCUT2D eigenvalue weighted by Crippen LogP contribution is -2.40. The number of urea groups is 1. The van der Waals surface area contributed by atoms with Crippen LogP contribution >= 0.6 is 0 Å². The largest absolute Gasteiger partial charge is 0.497 e. The molecule has 150 valence electrons. The van der Waals surface area contributed by atoms with Crippen molar-refractivity contribution < 1.29 is 14.3 Å². The van der Waals surface area contributed by atoms with E-state index in [2.05, 4.69) is 51.4 Å². The summed E-state index contributed by atoms with van der Waals surface area (Å²) >= 11 is 0. The molecule has 4 rings (SSSR count). The number of amides is 2. The number of fused-ring (bicyclic) bond motifs is 1. The molecule has 2 amide bonds. The van der Waals surface area contributed by atoms with Crippen LogP contribution in [-0.4, -0.2) is 35.3 Å². The van der Waals surface area contributed by atoms with Crippen molar-refractivity contribution >= 4 is 11.7 Å². The summed E-state index contributed by atoms with van der Waals surface area (Å²) in [4.78, 5) is 16.8. The topological polar surface area (TPSA) is 77.4 Å². The van der Waals surface area contributed by atoms with E-state index in [9.17, 15) is 4.79 Å². The summed E-state index contributed by atoms with van der Waals surface area (Å²) in [7, 11) is 1.61. The Bertz CT molecular complexity index is 980. The van der Waals surface area contributed by atoms with Crippen LogP contribution in [0.2, 0.25) is 0 Å². The van der Waals surface area contributed by atoms with Gasteiger partial charge in [-0.05, 0) is 31.2 Å². The molecule has 0 fully saturated rings. The molecule has 29 heavy (non-hydrogen) atoms. The zero-order valence-electron chi connectivity index (χ0n) is 16.5. The number of nitrogens with one attached hydrogen (secondary N) is 2. The molecule has 7 heteroatoms. The van der Waals surface area contributed by atoms with Crippen LogP contribution in [0.3, 0.4) is 0 Å². The number of rotatable bonds is 5. The zero-order valence-corrected chi connectivity index (χ0v) is 16.5. The summed E-state index contributed by atoms with van der Waals surface area (Å²) in [5.41, 5.74) is 3.95. The normalized spacial score (nSPS) is 15.4. The van der Waals surface area contributed by atoms with Crippen LogP contribution in [-0.2, 0) is 17.9 Å². The average molecular weight is 392 g/mol. The van der Waals surface area contributed by atoms with E-state index < -0.39 is 0 Å². The molecule has 1 atom stereocenters. The van der Waals surface area contributed by atoms with Gasteiger partial charge >= 0.3 is 6.03 Å². The molecule has 7 nitrogen and oxygen atoms in total. The Labute approximate surface area is 169 Å². The summed E-state index contributed by atoms with van der Waals surface area (Å²) in [5, 5.41) is 5.67. The maximum absolute atomic E-state index is 12.1. The van der Waals surface area contributed by atoms with Crippen molar-refractivity contribution in [1.29, 1.82) is 0 Å². The first-order valence-corrected chi connectivity index (χ1v) is 9.54. The van der Waals surface area contributed by atoms with E-state index in [0.29, 0.717) is 25.4 Å². The number of nitrogens with zero attached hydrogens (tertiary/aromatic N) is 2. The van der Waals surface area contributed by atoms with Gasteiger partial charge in [0.25, 0.3) is 0 Å². The van der Waals surface area contributed by atoms with Crippen molar-refractivity contribution in [3.05, 3.63) is 66.1 Å². The van der Waals surface area contributed by atoms with E-state index in [0.717, 1.165) is 22.8 Å². The molecule has 2 N–H and O–H groups in total. The molecule has 2 aromatic carbocycles. The van der Waals surface area contributed by atoms with E-state index in [4.69, 9.17) is 9.47 Å². The second kappa shape index (κ2) is 8.36. The Morgan fingerprint density at radius 2 is 1.97 bits per heavy atom. The second-order valence-corrected chi connectivity index (χ2v) is 7.06. The highest BCUT2D eigenvalue weighted by atomic mass is 16.5. The fourth-order valence-corrected chi connectivity index (χ4v) is 3.24. The van der Waals surface area contributed by atoms with Crippen LogP contribution in [0.25, 0.3) is 11.3 Å². The standard InChI is InChI=1S/C22H24N4O3/c1-15-3-5-16(6-4-15)20-13-26-12-19(29-14-21(26)25-20)11-23-22(27)24-17-7-9-18(28-2)10-8-17/h3-10,13,19H,11-12,14H2,1-2H3,(H2,23,24,27)/t19-/m0/s1. The maximum atomic E-state index is 12.1. The lowest BCUT2D eigenvalue weighted by atomic mass is 10.1. The number of aromatic nitrogens is 2. The van der Waals surface area contributed by atoms with Gasteiger partial charge in [-0.15, -0.1) is 0 Å². The Kier molecular flexibility index (Phi) is 5.48. The molecule has 1 aliphatic rings. The van der Waals surface area contributed by atoms with Crippen molar-refractivity contribution in [3.63, 3.8) is 0 Å². The number of carbonyl (C=O) groups excluding carboxylic acids is 1. The van der Waals surface area contributed by atoms with E-state index in [1.54, 1.807) is 31.4 Å². The van der Waals surface area contributed by atoms with Crippen molar-refractivity contribution in [3.8, 4) is 17.0 Å². The molecule has 0 spiro atoms. The SMILES string of the molecule is COc1ccc(NC(=O)NC[C@H]2Cn3cc(-c4ccc(C)cc4)nc3CO2)cc1. The number of benzene rings is 2. The van der Waals surface area contributed by atoms with Gasteiger partial charge in [-0.3, -0.25) is 0 Å². The van der Waals surface area contributed by atoms with E-state index in [1.165, 1.54) is 5.56 Å². The highest BCUT2D eigenvalue weighted by Gasteiger charge is 2.21. The molecular weight excluding hydrogens is 368 g/mol. The lowest BCUT2D eigenvalue weighted by molar-refractivity contribution is 0.00467. The molecule has 3 aromatic rings. The third-order valence-electron chi connectivity index (χ3n) is 4.89. The van der Waals surface area contributed by atoms with Crippen molar-refractivity contribution in [2.45, 2.75) is 26.2 Å². The second-order valence-electron chi connectivity index (χ2n) is 7.06. The van der Waals surface area contributed by atoms with Gasteiger partial charge in [0.1, 0.15) is 18.2 Å². The molecule has 0 unspecified atom stereocenters. The number of imidazole rings is 1. The summed E-state index contributed by atoms with van der Waals surface area (Å²) in [6.45, 7) is 3.56. The number of ether oxygens (including phenoxy) is 2. The molecule has 0 saturated heterocycles. The van der Waals surface area contributed by atoms with Gasteiger partial charge in [-0.2, -0.15) is 0 Å². The fourth-order valence-electron chi connectivity index (χ4n) is 3.24. The van der Waals surface area contributed by atoms with Gasteiger partial charge in [0.2, 0.25) is 0 Å². The molecule has 0 radical (unpaired) electrons. The van der Waals surface area contributed by atoms with Crippen LogP contribution < -0.4 is 15.4 Å². The predicted molar refractivity (Wildman–Crippen MR) is 111 cm³/mol. The number of hydrogen-bond acceptors (Lipinski definition) is 4. The number of anilines is 1. The number of carbonyl (C=O) groups is 1. The first kappa shape index (κ1) is 19.0. The monoisotopic (exact) mass is 392 g/mol. The quantitative estimate of drug-likeness (QED) is 0.696. The van der Waals surface area contributed by atoms with Crippen LogP contribution in [0.1, 0.15) is 11.4 Å². The summed E-state index contributed by atoms with van der Waals surface area (Å²) in [6.07, 6.45) is 1.94. The summed E-state index contributed by atoms with van der Waals surface area (Å²) in [5.74, 6) is 1.65. The van der Waals surface area contributed by atoms with Gasteiger partial charge in [0, 0.05) is 24.0 Å². The van der Waals surface area contributed by atoms with E-state index >= 15 is 0 Å². The molecule has 1 aliphatic heterocycles. The Balaban J connectivity index is 1.31. The van der Waals surface area contributed by atoms with Gasteiger partial charge in [-0.25, -0.2) is 9.78 Å². The Hall–Kier alpha value is -3.32. The number of methoxy groups -OCH3 is 1. The smallest absolute Gasteiger partial charge is 0.319 e. The number of hydrogen-bond donors (Lipinski definition) is 2. The first-order valence-electron chi connectivity index (χ1n) is 9.54. The summed E-state index contributed by atoms with van der Waals surface area (Å²) in [6, 6.07) is 15.2. The highest BCUT2D eigenvalue weighted by molar-refractivity contribution is 5.89. The van der Waals surface area contributed by atoms with Crippen LogP contribution in [0.15, 0.2) is 54.7 Å². The van der Waals surface area contributed by atoms with E-state index in [-0.39, 0.29) is 12.1 Å². The Morgan fingerprint density at radius 1 is 1.21 bits per heavy atom. The predicted octanol–water partition coefficient (Wildman–Crippen LogP) is 3.59. The third kappa shape index (κ3) is 4.57. The van der Waals surface area contributed by atoms with Crippen LogP contribution in [0, 0.1) is 6.92 Å². The molecule has 0 saturated carbocycles. The first-order chi connectivity index (χ1) is 14.1. The van der Waals surface area contributed by atoms with Crippen molar-refractivity contribution in [2.24, 2.45) is 0 Å². The van der Waals surface area contributed by atoms with Gasteiger partial charge in [0.05, 0.1) is 25.5 Å². The minimum Gasteiger partial charge on any atom is -0.497 e. The van der Waals surface area contributed by atoms with Crippen LogP contribution in [0.5, 0.6) is 5.75 Å². The van der Waals surface area contributed by atoms with E-state index in [1.807, 2.05) is 6.20 Å². The molecular formula is C22H24N4O3. The molecule has 0 aliphatic carbocycles. The third-order valence-corrected chi connectivity index (χ3v) is 4.89. The van der Waals surface area contributed by atoms with Gasteiger partial charge in [0.15, 0.2) is 0 Å². The maximum Gasteiger partial charge on any atom is 0.319 e. The fraction of sp³-hybridized carbons (Fsp3) is 0.273. The summed E-state index contributed by atoms with van der Waals surface area (Å²) < 4.78 is 13.1. The zero-order chi connectivity index (χ0) is 20.2. The van der Waals surface area contributed by atoms with Gasteiger partial charge < -0.3 is 24.7 Å². The molecule has 0 bridgehead atoms. The minimum atomic E-state index is -0.268. The highest BCUT2D eigenvalue weighted by Crippen LogP contribution is 2.22. The van der Waals surface area contributed by atoms with Gasteiger partial charge in [-0.1, -0.05) is 29.8 Å². The van der Waals surface area contributed by atoms with Crippen molar-refractivity contribution in [2.75, 3.05) is 19.0 Å². The van der Waals surface area contributed by atoms with Crippen LogP contribution in [0.4, 0.5) is 10.5 Å². The lowest BCUT2D eigenvalue weighted by Gasteiger charge is -2.24. The average Bonchev–Trinajstić information content (AvgIpc) is 3.16. The molecule has 2 heterocycles. The number of aryl methyl sites for hydroxylation is 1. The Morgan fingerprint density at radius 3 is 2.69 bits per heavy atom.